The first-order valence-corrected chi connectivity index (χ1v) is 10.0. The van der Waals surface area contributed by atoms with E-state index in [1.807, 2.05) is 54.6 Å². The molecule has 0 aromatic heterocycles. The van der Waals surface area contributed by atoms with Gasteiger partial charge in [-0.15, -0.1) is 0 Å². The molecule has 4 nitrogen and oxygen atoms in total. The number of rotatable bonds is 4. The average molecular weight is 420 g/mol. The third-order valence-electron chi connectivity index (χ3n) is 4.87. The number of benzene rings is 4. The van der Waals surface area contributed by atoms with Crippen LogP contribution < -0.4 is 0 Å². The summed E-state index contributed by atoms with van der Waals surface area (Å²) in [6.45, 7) is 0.0442. The van der Waals surface area contributed by atoms with Crippen molar-refractivity contribution >= 4 is 5.97 Å². The van der Waals surface area contributed by atoms with Crippen LogP contribution in [0.2, 0.25) is 0 Å². The second kappa shape index (κ2) is 9.55. The highest BCUT2D eigenvalue weighted by atomic mass is 16.5. The van der Waals surface area contributed by atoms with E-state index in [4.69, 9.17) is 4.74 Å². The van der Waals surface area contributed by atoms with Crippen LogP contribution in [0.3, 0.4) is 0 Å². The largest absolute Gasteiger partial charge is 0.508 e. The van der Waals surface area contributed by atoms with Crippen LogP contribution >= 0.6 is 0 Å². The molecule has 156 valence electrons. The first-order chi connectivity index (χ1) is 15.6. The van der Waals surface area contributed by atoms with Gasteiger partial charge in [-0.2, -0.15) is 0 Å². The monoisotopic (exact) mass is 420 g/mol. The fourth-order valence-corrected chi connectivity index (χ4v) is 3.12. The number of carbonyl (C=O) groups excluding carboxylic acids is 1. The van der Waals surface area contributed by atoms with Crippen LogP contribution in [-0.2, 0) is 11.3 Å². The van der Waals surface area contributed by atoms with Gasteiger partial charge < -0.3 is 14.9 Å². The maximum atomic E-state index is 12.1. The van der Waals surface area contributed by atoms with Crippen LogP contribution in [-0.4, -0.2) is 16.2 Å². The summed E-state index contributed by atoms with van der Waals surface area (Å²) in [5, 5.41) is 19.2. The molecule has 0 saturated carbocycles. The molecule has 0 heterocycles. The van der Waals surface area contributed by atoms with Crippen LogP contribution in [0.4, 0.5) is 0 Å². The summed E-state index contributed by atoms with van der Waals surface area (Å²) < 4.78 is 5.22. The molecule has 4 rings (SSSR count). The summed E-state index contributed by atoms with van der Waals surface area (Å²) in [5.74, 6) is 5.22. The van der Waals surface area contributed by atoms with E-state index in [1.165, 1.54) is 23.8 Å². The van der Waals surface area contributed by atoms with Gasteiger partial charge in [-0.05, 0) is 59.2 Å². The second-order valence-corrected chi connectivity index (χ2v) is 7.17. The quantitative estimate of drug-likeness (QED) is 0.259. The zero-order chi connectivity index (χ0) is 22.3. The van der Waals surface area contributed by atoms with E-state index in [0.717, 1.165) is 22.3 Å². The maximum Gasteiger partial charge on any atom is 0.342 e. The molecule has 0 spiro atoms. The van der Waals surface area contributed by atoms with Crippen LogP contribution in [0, 0.1) is 11.8 Å². The van der Waals surface area contributed by atoms with Gasteiger partial charge in [0.1, 0.15) is 23.7 Å². The molecule has 4 aromatic carbocycles. The molecule has 0 amide bonds. The zero-order valence-electron chi connectivity index (χ0n) is 17.2. The van der Waals surface area contributed by atoms with Gasteiger partial charge in [0, 0.05) is 11.1 Å². The van der Waals surface area contributed by atoms with E-state index < -0.39 is 5.97 Å². The van der Waals surface area contributed by atoms with E-state index >= 15 is 0 Å². The SMILES string of the molecule is O=C(OCc1ccc(C#Cc2ccc(-c3ccccc3)cc2)cc1)c1cc(O)ccc1O. The Bertz CT molecular complexity index is 1280. The number of carbonyl (C=O) groups is 1. The lowest BCUT2D eigenvalue weighted by Gasteiger charge is -2.07. The van der Waals surface area contributed by atoms with Gasteiger partial charge in [0.2, 0.25) is 0 Å². The number of phenols is 2. The molecule has 0 unspecified atom stereocenters. The third kappa shape index (κ3) is 5.16. The van der Waals surface area contributed by atoms with E-state index in [2.05, 4.69) is 36.1 Å². The molecule has 4 heteroatoms. The summed E-state index contributed by atoms with van der Waals surface area (Å²) >= 11 is 0. The van der Waals surface area contributed by atoms with Gasteiger partial charge in [-0.1, -0.05) is 66.4 Å². The van der Waals surface area contributed by atoms with Crippen molar-refractivity contribution in [3.05, 3.63) is 119 Å². The number of hydrogen-bond acceptors (Lipinski definition) is 4. The molecule has 0 fully saturated rings. The molecule has 0 bridgehead atoms. The lowest BCUT2D eigenvalue weighted by Crippen LogP contribution is -2.05. The second-order valence-electron chi connectivity index (χ2n) is 7.17. The summed E-state index contributed by atoms with van der Waals surface area (Å²) in [4.78, 5) is 12.1. The van der Waals surface area contributed by atoms with Crippen molar-refractivity contribution in [2.24, 2.45) is 0 Å². The Morgan fingerprint density at radius 3 is 1.97 bits per heavy atom. The number of ether oxygens (including phenoxy) is 1. The fourth-order valence-electron chi connectivity index (χ4n) is 3.12. The Kier molecular flexibility index (Phi) is 6.20. The molecule has 0 aliphatic rings. The van der Waals surface area contributed by atoms with Crippen molar-refractivity contribution in [1.82, 2.24) is 0 Å². The highest BCUT2D eigenvalue weighted by molar-refractivity contribution is 5.92. The number of hydrogen-bond donors (Lipinski definition) is 2. The Labute approximate surface area is 186 Å². The highest BCUT2D eigenvalue weighted by Crippen LogP contribution is 2.23. The van der Waals surface area contributed by atoms with Gasteiger partial charge in [-0.3, -0.25) is 0 Å². The molecule has 32 heavy (non-hydrogen) atoms. The first-order valence-electron chi connectivity index (χ1n) is 10.0. The van der Waals surface area contributed by atoms with Crippen molar-refractivity contribution < 1.29 is 19.7 Å². The maximum absolute atomic E-state index is 12.1. The average Bonchev–Trinajstić information content (AvgIpc) is 2.84. The van der Waals surface area contributed by atoms with Gasteiger partial charge in [0.15, 0.2) is 0 Å². The summed E-state index contributed by atoms with van der Waals surface area (Å²) in [6, 6.07) is 29.4. The number of esters is 1. The molecule has 0 aliphatic carbocycles. The number of aromatic hydroxyl groups is 2. The van der Waals surface area contributed by atoms with E-state index in [0.29, 0.717) is 0 Å². The topological polar surface area (TPSA) is 66.8 Å². The summed E-state index contributed by atoms with van der Waals surface area (Å²) in [5.41, 5.74) is 4.80. The van der Waals surface area contributed by atoms with Crippen molar-refractivity contribution in [3.8, 4) is 34.5 Å². The Balaban J connectivity index is 1.37. The zero-order valence-corrected chi connectivity index (χ0v) is 17.2. The normalized spacial score (nSPS) is 10.1. The van der Waals surface area contributed by atoms with E-state index in [-0.39, 0.29) is 23.7 Å². The van der Waals surface area contributed by atoms with E-state index in [9.17, 15) is 15.0 Å². The molecule has 2 N–H and O–H groups in total. The molecular weight excluding hydrogens is 400 g/mol. The summed E-state index contributed by atoms with van der Waals surface area (Å²) in [7, 11) is 0. The van der Waals surface area contributed by atoms with Crippen molar-refractivity contribution in [2.75, 3.05) is 0 Å². The fraction of sp³-hybridized carbons (Fsp3) is 0.0357. The van der Waals surface area contributed by atoms with Crippen LogP contribution in [0.25, 0.3) is 11.1 Å². The van der Waals surface area contributed by atoms with E-state index in [1.54, 1.807) is 0 Å². The van der Waals surface area contributed by atoms with Gasteiger partial charge in [0.05, 0.1) is 0 Å². The lowest BCUT2D eigenvalue weighted by atomic mass is 10.0. The lowest BCUT2D eigenvalue weighted by molar-refractivity contribution is 0.0469. The molecule has 0 atom stereocenters. The number of phenolic OH excluding ortho intramolecular Hbond substituents is 2. The third-order valence-corrected chi connectivity index (χ3v) is 4.87. The summed E-state index contributed by atoms with van der Waals surface area (Å²) in [6.07, 6.45) is 0. The molecule has 0 saturated heterocycles. The van der Waals surface area contributed by atoms with Crippen LogP contribution in [0.5, 0.6) is 11.5 Å². The Morgan fingerprint density at radius 2 is 1.31 bits per heavy atom. The minimum absolute atomic E-state index is 0.0442. The van der Waals surface area contributed by atoms with Gasteiger partial charge >= 0.3 is 5.97 Å². The predicted molar refractivity (Wildman–Crippen MR) is 123 cm³/mol. The molecular formula is C28H20O4. The van der Waals surface area contributed by atoms with Crippen molar-refractivity contribution in [1.29, 1.82) is 0 Å². The van der Waals surface area contributed by atoms with Crippen LogP contribution in [0.15, 0.2) is 97.1 Å². The minimum Gasteiger partial charge on any atom is -0.508 e. The molecule has 4 aromatic rings. The smallest absolute Gasteiger partial charge is 0.342 e. The first kappa shape index (κ1) is 20.8. The highest BCUT2D eigenvalue weighted by Gasteiger charge is 2.13. The minimum atomic E-state index is -0.707. The predicted octanol–water partition coefficient (Wildman–Crippen LogP) is 5.52. The Hall–Kier alpha value is -4.49. The van der Waals surface area contributed by atoms with Gasteiger partial charge in [0.25, 0.3) is 0 Å². The molecule has 0 aliphatic heterocycles. The molecule has 0 radical (unpaired) electrons. The van der Waals surface area contributed by atoms with Crippen molar-refractivity contribution in [2.45, 2.75) is 6.61 Å². The Morgan fingerprint density at radius 1 is 0.719 bits per heavy atom. The standard InChI is InChI=1S/C28H20O4/c29-25-16-17-27(30)26(18-25)28(31)32-19-22-10-8-20(9-11-22)6-7-21-12-14-24(15-13-21)23-4-2-1-3-5-23/h1-5,8-18,29-30H,19H2. The van der Waals surface area contributed by atoms with Crippen LogP contribution in [0.1, 0.15) is 27.0 Å². The van der Waals surface area contributed by atoms with Crippen molar-refractivity contribution in [3.63, 3.8) is 0 Å². The van der Waals surface area contributed by atoms with Gasteiger partial charge in [-0.25, -0.2) is 4.79 Å².